The average Bonchev–Trinajstić information content (AvgIpc) is 3.11. The van der Waals surface area contributed by atoms with Crippen molar-refractivity contribution in [3.63, 3.8) is 0 Å². The van der Waals surface area contributed by atoms with Gasteiger partial charge in [0.2, 0.25) is 0 Å². The van der Waals surface area contributed by atoms with Crippen LogP contribution in [-0.4, -0.2) is 27.8 Å². The van der Waals surface area contributed by atoms with Crippen LogP contribution in [0.4, 0.5) is 0 Å². The topological polar surface area (TPSA) is 57.0 Å². The van der Waals surface area contributed by atoms with Crippen LogP contribution in [-0.2, 0) is 11.3 Å². The third-order valence-electron chi connectivity index (χ3n) is 4.36. The average molecular weight is 343 g/mol. The fourth-order valence-corrected chi connectivity index (χ4v) is 3.04. The molecule has 2 heterocycles. The number of hydrogen-bond donors (Lipinski definition) is 0. The highest BCUT2D eigenvalue weighted by Crippen LogP contribution is 2.28. The predicted octanol–water partition coefficient (Wildman–Crippen LogP) is 3.93. The fourth-order valence-electron chi connectivity index (χ4n) is 3.04. The van der Waals surface area contributed by atoms with Gasteiger partial charge in [-0.3, -0.25) is 9.67 Å². The molecule has 26 heavy (non-hydrogen) atoms. The quantitative estimate of drug-likeness (QED) is 0.527. The Labute approximate surface area is 150 Å². The van der Waals surface area contributed by atoms with Crippen LogP contribution < -0.4 is 0 Å². The molecule has 2 aromatic heterocycles. The van der Waals surface area contributed by atoms with Gasteiger partial charge in [0.05, 0.1) is 30.9 Å². The zero-order valence-electron chi connectivity index (χ0n) is 14.3. The van der Waals surface area contributed by atoms with Gasteiger partial charge in [0.15, 0.2) is 0 Å². The molecule has 0 radical (unpaired) electrons. The van der Waals surface area contributed by atoms with Crippen LogP contribution in [0.2, 0.25) is 0 Å². The Morgan fingerprint density at radius 2 is 1.81 bits per heavy atom. The lowest BCUT2D eigenvalue weighted by molar-refractivity contribution is 0.0603. The summed E-state index contributed by atoms with van der Waals surface area (Å²) < 4.78 is 6.87. The molecule has 2 aromatic carbocycles. The van der Waals surface area contributed by atoms with Crippen molar-refractivity contribution in [3.8, 4) is 11.1 Å². The Bertz CT molecular complexity index is 1060. The normalized spacial score (nSPS) is 10.8. The van der Waals surface area contributed by atoms with E-state index in [1.165, 1.54) is 7.11 Å². The molecule has 4 aromatic rings. The second kappa shape index (κ2) is 6.80. The SMILES string of the molecule is COC(=O)c1cc(-c2ccccc2)cc2c1cnn2Cc1ccncc1. The van der Waals surface area contributed by atoms with Gasteiger partial charge in [-0.1, -0.05) is 30.3 Å². The summed E-state index contributed by atoms with van der Waals surface area (Å²) in [6.45, 7) is 0.602. The molecule has 5 heteroatoms. The molecule has 0 aliphatic heterocycles. The number of carbonyl (C=O) groups excluding carboxylic acids is 1. The summed E-state index contributed by atoms with van der Waals surface area (Å²) >= 11 is 0. The molecule has 0 bridgehead atoms. The lowest BCUT2D eigenvalue weighted by Crippen LogP contribution is -2.04. The van der Waals surface area contributed by atoms with Crippen molar-refractivity contribution >= 4 is 16.9 Å². The lowest BCUT2D eigenvalue weighted by atomic mass is 10.00. The van der Waals surface area contributed by atoms with Gasteiger partial charge < -0.3 is 4.74 Å². The number of rotatable bonds is 4. The number of esters is 1. The van der Waals surface area contributed by atoms with Gasteiger partial charge in [0.1, 0.15) is 0 Å². The van der Waals surface area contributed by atoms with E-state index in [0.717, 1.165) is 27.6 Å². The van der Waals surface area contributed by atoms with Crippen molar-refractivity contribution in [1.29, 1.82) is 0 Å². The summed E-state index contributed by atoms with van der Waals surface area (Å²) in [5.41, 5.74) is 4.49. The molecule has 4 rings (SSSR count). The van der Waals surface area contributed by atoms with Crippen LogP contribution >= 0.6 is 0 Å². The summed E-state index contributed by atoms with van der Waals surface area (Å²) in [6.07, 6.45) is 5.24. The molecule has 0 aliphatic rings. The van der Waals surface area contributed by atoms with Crippen molar-refractivity contribution in [2.24, 2.45) is 0 Å². The van der Waals surface area contributed by atoms with Crippen LogP contribution in [0.15, 0.2) is 73.2 Å². The molecule has 0 atom stereocenters. The van der Waals surface area contributed by atoms with E-state index in [2.05, 4.69) is 16.1 Å². The van der Waals surface area contributed by atoms with Crippen LogP contribution in [0.5, 0.6) is 0 Å². The number of hydrogen-bond acceptors (Lipinski definition) is 4. The van der Waals surface area contributed by atoms with Gasteiger partial charge >= 0.3 is 5.97 Å². The van der Waals surface area contributed by atoms with Gasteiger partial charge in [0, 0.05) is 17.8 Å². The molecule has 0 fully saturated rings. The van der Waals surface area contributed by atoms with Gasteiger partial charge in [-0.2, -0.15) is 5.10 Å². The highest BCUT2D eigenvalue weighted by molar-refractivity contribution is 6.05. The summed E-state index contributed by atoms with van der Waals surface area (Å²) in [5.74, 6) is -0.365. The minimum atomic E-state index is -0.365. The maximum atomic E-state index is 12.3. The van der Waals surface area contributed by atoms with E-state index in [1.54, 1.807) is 18.6 Å². The maximum absolute atomic E-state index is 12.3. The number of carbonyl (C=O) groups is 1. The number of pyridine rings is 1. The maximum Gasteiger partial charge on any atom is 0.338 e. The third-order valence-corrected chi connectivity index (χ3v) is 4.36. The zero-order valence-corrected chi connectivity index (χ0v) is 14.3. The fraction of sp³-hybridized carbons (Fsp3) is 0.0952. The summed E-state index contributed by atoms with van der Waals surface area (Å²) in [7, 11) is 1.39. The number of ether oxygens (including phenoxy) is 1. The highest BCUT2D eigenvalue weighted by atomic mass is 16.5. The van der Waals surface area contributed by atoms with E-state index in [0.29, 0.717) is 12.1 Å². The molecule has 128 valence electrons. The van der Waals surface area contributed by atoms with Crippen LogP contribution in [0, 0.1) is 0 Å². The zero-order chi connectivity index (χ0) is 17.9. The first-order chi connectivity index (χ1) is 12.8. The van der Waals surface area contributed by atoms with Gasteiger partial charge in [-0.15, -0.1) is 0 Å². The molecule has 0 spiro atoms. The summed E-state index contributed by atoms with van der Waals surface area (Å²) in [4.78, 5) is 16.4. The summed E-state index contributed by atoms with van der Waals surface area (Å²) in [6, 6.07) is 17.8. The molecule has 0 saturated heterocycles. The van der Waals surface area contributed by atoms with Crippen molar-refractivity contribution in [2.75, 3.05) is 7.11 Å². The first-order valence-electron chi connectivity index (χ1n) is 8.28. The molecule has 0 saturated carbocycles. The smallest absolute Gasteiger partial charge is 0.338 e. The van der Waals surface area contributed by atoms with Crippen LogP contribution in [0.25, 0.3) is 22.0 Å². The second-order valence-corrected chi connectivity index (χ2v) is 5.97. The number of nitrogens with zero attached hydrogens (tertiary/aromatic N) is 3. The van der Waals surface area contributed by atoms with Crippen molar-refractivity contribution in [1.82, 2.24) is 14.8 Å². The van der Waals surface area contributed by atoms with E-state index >= 15 is 0 Å². The van der Waals surface area contributed by atoms with E-state index < -0.39 is 0 Å². The van der Waals surface area contributed by atoms with Crippen LogP contribution in [0.3, 0.4) is 0 Å². The van der Waals surface area contributed by atoms with Crippen molar-refractivity contribution in [2.45, 2.75) is 6.54 Å². The third kappa shape index (κ3) is 2.95. The van der Waals surface area contributed by atoms with Gasteiger partial charge in [0.25, 0.3) is 0 Å². The number of methoxy groups -OCH3 is 1. The number of aromatic nitrogens is 3. The standard InChI is InChI=1S/C21H17N3O2/c1-26-21(25)18-11-17(16-5-3-2-4-6-16)12-20-19(18)13-23-24(20)14-15-7-9-22-10-8-15/h2-13H,14H2,1H3. The van der Waals surface area contributed by atoms with Crippen LogP contribution in [0.1, 0.15) is 15.9 Å². The predicted molar refractivity (Wildman–Crippen MR) is 99.8 cm³/mol. The van der Waals surface area contributed by atoms with E-state index in [4.69, 9.17) is 4.74 Å². The van der Waals surface area contributed by atoms with Gasteiger partial charge in [-0.05, 0) is 41.0 Å². The molecule has 0 amide bonds. The Morgan fingerprint density at radius 1 is 1.04 bits per heavy atom. The molecular formula is C21H17N3O2. The highest BCUT2D eigenvalue weighted by Gasteiger charge is 2.16. The summed E-state index contributed by atoms with van der Waals surface area (Å²) in [5, 5.41) is 5.27. The first kappa shape index (κ1) is 16.0. The number of fused-ring (bicyclic) bond motifs is 1. The second-order valence-electron chi connectivity index (χ2n) is 5.97. The minimum Gasteiger partial charge on any atom is -0.465 e. The molecule has 5 nitrogen and oxygen atoms in total. The Kier molecular flexibility index (Phi) is 4.19. The Hall–Kier alpha value is -3.47. The van der Waals surface area contributed by atoms with E-state index in [-0.39, 0.29) is 5.97 Å². The largest absolute Gasteiger partial charge is 0.465 e. The van der Waals surface area contributed by atoms with Gasteiger partial charge in [-0.25, -0.2) is 4.79 Å². The minimum absolute atomic E-state index is 0.365. The van der Waals surface area contributed by atoms with E-state index in [9.17, 15) is 4.79 Å². The van der Waals surface area contributed by atoms with E-state index in [1.807, 2.05) is 53.2 Å². The monoisotopic (exact) mass is 343 g/mol. The molecule has 0 unspecified atom stereocenters. The molecular weight excluding hydrogens is 326 g/mol. The lowest BCUT2D eigenvalue weighted by Gasteiger charge is -2.09. The number of benzene rings is 2. The Morgan fingerprint density at radius 3 is 2.54 bits per heavy atom. The molecule has 0 N–H and O–H groups in total. The van der Waals surface area contributed by atoms with Crippen molar-refractivity contribution in [3.05, 3.63) is 84.3 Å². The van der Waals surface area contributed by atoms with Crippen molar-refractivity contribution < 1.29 is 9.53 Å². The first-order valence-corrected chi connectivity index (χ1v) is 8.28. The molecule has 0 aliphatic carbocycles. The Balaban J connectivity index is 1.89.